The maximum atomic E-state index is 13.5. The molecule has 2 rings (SSSR count). The van der Waals surface area contributed by atoms with Gasteiger partial charge < -0.3 is 10.1 Å². The Morgan fingerprint density at radius 2 is 1.70 bits per heavy atom. The highest BCUT2D eigenvalue weighted by molar-refractivity contribution is 7.99. The average molecular weight is 401 g/mol. The largest absolute Gasteiger partial charge is 0.453 e. The molecule has 0 fully saturated rings. The molecule has 27 heavy (non-hydrogen) atoms. The van der Waals surface area contributed by atoms with Crippen LogP contribution in [0, 0.1) is 23.3 Å². The Balaban J connectivity index is 1.80. The summed E-state index contributed by atoms with van der Waals surface area (Å²) in [7, 11) is 0. The van der Waals surface area contributed by atoms with Crippen LogP contribution in [0.25, 0.3) is 0 Å². The number of nitrogens with one attached hydrogen (secondary N) is 1. The van der Waals surface area contributed by atoms with Crippen LogP contribution in [0.2, 0.25) is 0 Å². The van der Waals surface area contributed by atoms with E-state index in [1.165, 1.54) is 30.8 Å². The van der Waals surface area contributed by atoms with Crippen molar-refractivity contribution in [3.8, 4) is 0 Å². The summed E-state index contributed by atoms with van der Waals surface area (Å²) in [6.45, 7) is 1.26. The van der Waals surface area contributed by atoms with Crippen LogP contribution in [0.15, 0.2) is 41.3 Å². The molecule has 0 saturated carbocycles. The van der Waals surface area contributed by atoms with Gasteiger partial charge in [-0.25, -0.2) is 17.6 Å². The number of halogens is 4. The number of thioether (sulfide) groups is 1. The molecule has 0 aliphatic heterocycles. The molecule has 1 atom stereocenters. The van der Waals surface area contributed by atoms with Crippen LogP contribution in [0.4, 0.5) is 23.2 Å². The van der Waals surface area contributed by atoms with Gasteiger partial charge in [0.1, 0.15) is 5.82 Å². The Morgan fingerprint density at radius 3 is 2.37 bits per heavy atom. The van der Waals surface area contributed by atoms with Crippen molar-refractivity contribution < 1.29 is 31.9 Å². The second-order valence-electron chi connectivity index (χ2n) is 5.40. The molecule has 0 unspecified atom stereocenters. The number of rotatable bonds is 7. The van der Waals surface area contributed by atoms with Gasteiger partial charge in [-0.2, -0.15) is 0 Å². The number of hydrogen-bond donors (Lipinski definition) is 1. The van der Waals surface area contributed by atoms with Gasteiger partial charge in [-0.05, 0) is 43.3 Å². The third-order valence-electron chi connectivity index (χ3n) is 3.36. The fourth-order valence-corrected chi connectivity index (χ4v) is 2.78. The minimum atomic E-state index is -1.71. The molecular formula is C18H15F4NO3S. The summed E-state index contributed by atoms with van der Waals surface area (Å²) in [6, 6.07) is 7.25. The van der Waals surface area contributed by atoms with Crippen molar-refractivity contribution in [1.29, 1.82) is 0 Å². The SMILES string of the molecule is C[C@H](OC(=O)CCSc1ccc(F)cc1)C(=O)Nc1ccc(F)c(F)c1F. The van der Waals surface area contributed by atoms with Crippen molar-refractivity contribution in [3.63, 3.8) is 0 Å². The number of carbonyl (C=O) groups is 2. The summed E-state index contributed by atoms with van der Waals surface area (Å²) in [4.78, 5) is 24.4. The van der Waals surface area contributed by atoms with E-state index in [0.717, 1.165) is 11.0 Å². The molecule has 2 aromatic carbocycles. The lowest BCUT2D eigenvalue weighted by Crippen LogP contribution is -2.30. The monoisotopic (exact) mass is 401 g/mol. The molecule has 144 valence electrons. The van der Waals surface area contributed by atoms with Crippen molar-refractivity contribution in [2.24, 2.45) is 0 Å². The van der Waals surface area contributed by atoms with E-state index < -0.39 is 41.1 Å². The summed E-state index contributed by atoms with van der Waals surface area (Å²) in [5.74, 6) is -6.22. The van der Waals surface area contributed by atoms with Crippen LogP contribution in [-0.4, -0.2) is 23.7 Å². The van der Waals surface area contributed by atoms with Gasteiger partial charge in [-0.3, -0.25) is 9.59 Å². The van der Waals surface area contributed by atoms with Gasteiger partial charge in [-0.1, -0.05) is 0 Å². The Hall–Kier alpha value is -2.55. The molecule has 1 N–H and O–H groups in total. The van der Waals surface area contributed by atoms with Crippen LogP contribution in [0.1, 0.15) is 13.3 Å². The van der Waals surface area contributed by atoms with Gasteiger partial charge in [0.25, 0.3) is 5.91 Å². The van der Waals surface area contributed by atoms with Crippen LogP contribution >= 0.6 is 11.8 Å². The fourth-order valence-electron chi connectivity index (χ4n) is 1.95. The molecule has 0 spiro atoms. The zero-order valence-corrected chi connectivity index (χ0v) is 14.9. The zero-order valence-electron chi connectivity index (χ0n) is 14.1. The number of amides is 1. The molecular weight excluding hydrogens is 386 g/mol. The Morgan fingerprint density at radius 1 is 1.04 bits per heavy atom. The molecule has 4 nitrogen and oxygen atoms in total. The van der Waals surface area contributed by atoms with E-state index in [1.807, 2.05) is 5.32 Å². The zero-order chi connectivity index (χ0) is 20.0. The predicted molar refractivity (Wildman–Crippen MR) is 92.2 cm³/mol. The second kappa shape index (κ2) is 9.40. The van der Waals surface area contributed by atoms with E-state index in [-0.39, 0.29) is 12.2 Å². The summed E-state index contributed by atoms with van der Waals surface area (Å²) < 4.78 is 57.3. The van der Waals surface area contributed by atoms with Crippen molar-refractivity contribution in [1.82, 2.24) is 0 Å². The first-order chi connectivity index (χ1) is 12.8. The minimum absolute atomic E-state index is 0.0147. The summed E-state index contributed by atoms with van der Waals surface area (Å²) in [5.41, 5.74) is -0.561. The number of anilines is 1. The van der Waals surface area contributed by atoms with E-state index in [1.54, 1.807) is 12.1 Å². The van der Waals surface area contributed by atoms with Gasteiger partial charge in [0, 0.05) is 10.6 Å². The molecule has 1 amide bonds. The van der Waals surface area contributed by atoms with Gasteiger partial charge in [0.05, 0.1) is 12.1 Å². The molecule has 0 bridgehead atoms. The number of carbonyl (C=O) groups excluding carboxylic acids is 2. The normalized spacial score (nSPS) is 11.7. The first-order valence-corrected chi connectivity index (χ1v) is 8.78. The Labute approximate surface area is 156 Å². The Bertz CT molecular complexity index is 830. The molecule has 0 saturated heterocycles. The van der Waals surface area contributed by atoms with Crippen molar-refractivity contribution >= 4 is 29.3 Å². The van der Waals surface area contributed by atoms with Crippen LogP contribution in [0.3, 0.4) is 0 Å². The third-order valence-corrected chi connectivity index (χ3v) is 4.37. The molecule has 0 aliphatic carbocycles. The Kier molecular flexibility index (Phi) is 7.23. The lowest BCUT2D eigenvalue weighted by atomic mass is 10.2. The maximum absolute atomic E-state index is 13.5. The van der Waals surface area contributed by atoms with E-state index in [4.69, 9.17) is 4.74 Å². The highest BCUT2D eigenvalue weighted by Gasteiger charge is 2.21. The average Bonchev–Trinajstić information content (AvgIpc) is 2.63. The van der Waals surface area contributed by atoms with Gasteiger partial charge in [0.2, 0.25) is 0 Å². The lowest BCUT2D eigenvalue weighted by molar-refractivity contribution is -0.152. The topological polar surface area (TPSA) is 55.4 Å². The highest BCUT2D eigenvalue weighted by Crippen LogP contribution is 2.21. The molecule has 2 aromatic rings. The van der Waals surface area contributed by atoms with Gasteiger partial charge >= 0.3 is 5.97 Å². The van der Waals surface area contributed by atoms with E-state index in [2.05, 4.69) is 0 Å². The van der Waals surface area contributed by atoms with Crippen molar-refractivity contribution in [3.05, 3.63) is 59.7 Å². The first-order valence-electron chi connectivity index (χ1n) is 7.80. The van der Waals surface area contributed by atoms with Crippen LogP contribution < -0.4 is 5.32 Å². The molecule has 0 radical (unpaired) electrons. The fraction of sp³-hybridized carbons (Fsp3) is 0.222. The molecule has 0 aliphatic rings. The van der Waals surface area contributed by atoms with Gasteiger partial charge in [0.15, 0.2) is 23.6 Å². The van der Waals surface area contributed by atoms with Crippen molar-refractivity contribution in [2.45, 2.75) is 24.3 Å². The first kappa shape index (κ1) is 20.8. The summed E-state index contributed by atoms with van der Waals surface area (Å²) in [6.07, 6.45) is -1.28. The van der Waals surface area contributed by atoms with E-state index >= 15 is 0 Å². The smallest absolute Gasteiger partial charge is 0.307 e. The minimum Gasteiger partial charge on any atom is -0.453 e. The maximum Gasteiger partial charge on any atom is 0.307 e. The quantitative estimate of drug-likeness (QED) is 0.325. The predicted octanol–water partition coefficient (Wildman–Crippen LogP) is 4.30. The van der Waals surface area contributed by atoms with Crippen LogP contribution in [0.5, 0.6) is 0 Å². The number of hydrogen-bond acceptors (Lipinski definition) is 4. The molecule has 0 heterocycles. The lowest BCUT2D eigenvalue weighted by Gasteiger charge is -2.14. The van der Waals surface area contributed by atoms with E-state index in [0.29, 0.717) is 11.8 Å². The number of ether oxygens (including phenoxy) is 1. The molecule has 0 aromatic heterocycles. The standard InChI is InChI=1S/C18H15F4NO3S/c1-10(18(25)23-14-7-6-13(20)16(21)17(14)22)26-15(24)8-9-27-12-4-2-11(19)3-5-12/h2-7,10H,8-9H2,1H3,(H,23,25)/t10-/m0/s1. The molecule has 9 heteroatoms. The highest BCUT2D eigenvalue weighted by atomic mass is 32.2. The number of benzene rings is 2. The van der Waals surface area contributed by atoms with Gasteiger partial charge in [-0.15, -0.1) is 11.8 Å². The van der Waals surface area contributed by atoms with E-state index in [9.17, 15) is 27.2 Å². The number of esters is 1. The third kappa shape index (κ3) is 5.99. The summed E-state index contributed by atoms with van der Waals surface area (Å²) in [5, 5.41) is 2.03. The van der Waals surface area contributed by atoms with Crippen molar-refractivity contribution in [2.75, 3.05) is 11.1 Å². The summed E-state index contributed by atoms with van der Waals surface area (Å²) >= 11 is 1.31. The van der Waals surface area contributed by atoms with Crippen LogP contribution in [-0.2, 0) is 14.3 Å². The second-order valence-corrected chi connectivity index (χ2v) is 6.56.